The number of nitrogens with zero attached hydrogens (tertiary/aromatic N) is 2. The highest BCUT2D eigenvalue weighted by Gasteiger charge is 2.30. The summed E-state index contributed by atoms with van der Waals surface area (Å²) in [5.41, 5.74) is 0.258. The van der Waals surface area contributed by atoms with E-state index in [1.807, 2.05) is 0 Å². The van der Waals surface area contributed by atoms with Gasteiger partial charge in [-0.15, -0.1) is 0 Å². The van der Waals surface area contributed by atoms with E-state index >= 15 is 0 Å². The molecule has 1 atom stereocenters. The molecule has 2 rings (SSSR count). The summed E-state index contributed by atoms with van der Waals surface area (Å²) in [5, 5.41) is 2.41. The van der Waals surface area contributed by atoms with E-state index < -0.39 is 51.9 Å². The lowest BCUT2D eigenvalue weighted by Crippen LogP contribution is -2.50. The maximum absolute atomic E-state index is 13.6. The molecule has 1 N–H and O–H groups in total. The van der Waals surface area contributed by atoms with Gasteiger partial charge in [0, 0.05) is 19.7 Å². The van der Waals surface area contributed by atoms with Gasteiger partial charge in [-0.05, 0) is 36.8 Å². The number of rotatable bonds is 8. The van der Waals surface area contributed by atoms with Gasteiger partial charge in [0.25, 0.3) is 0 Å². The quantitative estimate of drug-likeness (QED) is 0.657. The Morgan fingerprint density at radius 2 is 1.65 bits per heavy atom. The third-order valence-corrected chi connectivity index (χ3v) is 5.69. The predicted octanol–water partition coefficient (Wildman–Crippen LogP) is 2.03. The topological polar surface area (TPSA) is 86.8 Å². The van der Waals surface area contributed by atoms with Crippen LogP contribution in [0, 0.1) is 17.5 Å². The highest BCUT2D eigenvalue weighted by Crippen LogP contribution is 2.21. The van der Waals surface area contributed by atoms with Crippen molar-refractivity contribution in [1.29, 1.82) is 0 Å². The molecule has 0 saturated carbocycles. The molecule has 0 aliphatic heterocycles. The summed E-state index contributed by atoms with van der Waals surface area (Å²) in [6, 6.07) is 6.67. The third kappa shape index (κ3) is 6.20. The average molecular weight is 457 g/mol. The summed E-state index contributed by atoms with van der Waals surface area (Å²) in [6.45, 7) is 0.581. The zero-order valence-electron chi connectivity index (χ0n) is 17.1. The highest BCUT2D eigenvalue weighted by molar-refractivity contribution is 7.92. The molecule has 0 saturated heterocycles. The molecule has 11 heteroatoms. The van der Waals surface area contributed by atoms with E-state index in [9.17, 15) is 31.2 Å². The number of likely N-dealkylation sites (N-methyl/N-ethyl adjacent to an activating group) is 1. The molecule has 0 spiro atoms. The maximum atomic E-state index is 13.6. The van der Waals surface area contributed by atoms with Crippen molar-refractivity contribution in [3.05, 3.63) is 65.5 Å². The number of amides is 2. The first kappa shape index (κ1) is 24.2. The van der Waals surface area contributed by atoms with Gasteiger partial charge in [0.15, 0.2) is 11.6 Å². The Hall–Kier alpha value is -3.08. The van der Waals surface area contributed by atoms with Crippen LogP contribution < -0.4 is 9.62 Å². The molecule has 1 unspecified atom stereocenters. The fourth-order valence-corrected chi connectivity index (χ4v) is 3.67. The van der Waals surface area contributed by atoms with Crippen LogP contribution in [0.25, 0.3) is 0 Å². The maximum Gasteiger partial charge on any atom is 0.244 e. The molecule has 2 aromatic rings. The zero-order chi connectivity index (χ0) is 23.3. The van der Waals surface area contributed by atoms with E-state index in [0.717, 1.165) is 23.3 Å². The predicted molar refractivity (Wildman–Crippen MR) is 109 cm³/mol. The van der Waals surface area contributed by atoms with Crippen molar-refractivity contribution in [2.75, 3.05) is 24.2 Å². The van der Waals surface area contributed by atoms with Crippen molar-refractivity contribution in [1.82, 2.24) is 10.2 Å². The summed E-state index contributed by atoms with van der Waals surface area (Å²) in [7, 11) is -2.68. The average Bonchev–Trinajstić information content (AvgIpc) is 2.71. The Labute approximate surface area is 178 Å². The van der Waals surface area contributed by atoms with Gasteiger partial charge < -0.3 is 10.2 Å². The molecular formula is C20H22F3N3O4S. The molecule has 2 aromatic carbocycles. The fraction of sp³-hybridized carbons (Fsp3) is 0.300. The highest BCUT2D eigenvalue weighted by atomic mass is 32.2. The number of halogens is 3. The van der Waals surface area contributed by atoms with Gasteiger partial charge in [0.05, 0.1) is 11.9 Å². The summed E-state index contributed by atoms with van der Waals surface area (Å²) in [6.07, 6.45) is 0.814. The standard InChI is InChI=1S/C20H22F3N3O4S/c1-13(20(28)24-2)25(11-14-4-6-15(21)7-5-14)19(27)12-26(31(3,29)30)16-8-9-17(22)18(23)10-16/h4-10,13H,11-12H2,1-3H3,(H,24,28). The number of benzene rings is 2. The number of carbonyl (C=O) groups is 2. The first-order valence-corrected chi connectivity index (χ1v) is 11.0. The Kier molecular flexibility index (Phi) is 7.66. The Morgan fingerprint density at radius 1 is 1.03 bits per heavy atom. The normalized spacial score (nSPS) is 12.2. The molecule has 7 nitrogen and oxygen atoms in total. The molecule has 168 valence electrons. The second kappa shape index (κ2) is 9.82. The first-order chi connectivity index (χ1) is 14.4. The van der Waals surface area contributed by atoms with Crippen LogP contribution in [0.2, 0.25) is 0 Å². The number of anilines is 1. The molecule has 31 heavy (non-hydrogen) atoms. The summed E-state index contributed by atoms with van der Waals surface area (Å²) in [4.78, 5) is 26.3. The van der Waals surface area contributed by atoms with E-state index in [-0.39, 0.29) is 12.2 Å². The second-order valence-corrected chi connectivity index (χ2v) is 8.71. The Balaban J connectivity index is 2.39. The van der Waals surface area contributed by atoms with Gasteiger partial charge in [-0.1, -0.05) is 12.1 Å². The molecular weight excluding hydrogens is 435 g/mol. The van der Waals surface area contributed by atoms with Crippen LogP contribution >= 0.6 is 0 Å². The Morgan fingerprint density at radius 3 is 2.16 bits per heavy atom. The number of sulfonamides is 1. The summed E-state index contributed by atoms with van der Waals surface area (Å²) >= 11 is 0. The Bertz CT molecular complexity index is 1060. The van der Waals surface area contributed by atoms with Gasteiger partial charge in [-0.2, -0.15) is 0 Å². The van der Waals surface area contributed by atoms with Crippen LogP contribution in [-0.4, -0.2) is 51.0 Å². The van der Waals surface area contributed by atoms with Crippen molar-refractivity contribution in [2.45, 2.75) is 19.5 Å². The molecule has 0 radical (unpaired) electrons. The van der Waals surface area contributed by atoms with E-state index in [1.54, 1.807) is 0 Å². The van der Waals surface area contributed by atoms with Crippen LogP contribution in [0.1, 0.15) is 12.5 Å². The zero-order valence-corrected chi connectivity index (χ0v) is 17.9. The van der Waals surface area contributed by atoms with Crippen LogP contribution in [0.3, 0.4) is 0 Å². The smallest absolute Gasteiger partial charge is 0.244 e. The molecule has 0 bridgehead atoms. The van der Waals surface area contributed by atoms with E-state index in [1.165, 1.54) is 38.2 Å². The van der Waals surface area contributed by atoms with Crippen LogP contribution in [0.15, 0.2) is 42.5 Å². The van der Waals surface area contributed by atoms with Gasteiger partial charge in [0.2, 0.25) is 21.8 Å². The molecule has 0 heterocycles. The minimum absolute atomic E-state index is 0.108. The molecule has 0 aliphatic carbocycles. The number of nitrogens with one attached hydrogen (secondary N) is 1. The van der Waals surface area contributed by atoms with Crippen LogP contribution in [0.4, 0.5) is 18.9 Å². The van der Waals surface area contributed by atoms with Crippen molar-refractivity contribution in [3.8, 4) is 0 Å². The van der Waals surface area contributed by atoms with Crippen molar-refractivity contribution >= 4 is 27.5 Å². The van der Waals surface area contributed by atoms with Crippen LogP contribution in [0.5, 0.6) is 0 Å². The lowest BCUT2D eigenvalue weighted by atomic mass is 10.1. The van der Waals surface area contributed by atoms with Crippen molar-refractivity contribution in [2.24, 2.45) is 0 Å². The van der Waals surface area contributed by atoms with Gasteiger partial charge in [0.1, 0.15) is 18.4 Å². The summed E-state index contributed by atoms with van der Waals surface area (Å²) < 4.78 is 65.3. The number of hydrogen-bond acceptors (Lipinski definition) is 4. The molecule has 2 amide bonds. The molecule has 0 fully saturated rings. The van der Waals surface area contributed by atoms with Crippen molar-refractivity contribution < 1.29 is 31.2 Å². The minimum Gasteiger partial charge on any atom is -0.357 e. The second-order valence-electron chi connectivity index (χ2n) is 6.81. The number of carbonyl (C=O) groups excluding carboxylic acids is 2. The van der Waals surface area contributed by atoms with E-state index in [2.05, 4.69) is 5.32 Å². The minimum atomic E-state index is -4.06. The molecule has 0 aliphatic rings. The van der Waals surface area contributed by atoms with E-state index in [0.29, 0.717) is 15.9 Å². The van der Waals surface area contributed by atoms with Gasteiger partial charge in [-0.3, -0.25) is 13.9 Å². The summed E-state index contributed by atoms with van der Waals surface area (Å²) in [5.74, 6) is -4.21. The van der Waals surface area contributed by atoms with E-state index in [4.69, 9.17) is 0 Å². The SMILES string of the molecule is CNC(=O)C(C)N(Cc1ccc(F)cc1)C(=O)CN(c1ccc(F)c(F)c1)S(C)(=O)=O. The first-order valence-electron chi connectivity index (χ1n) is 9.12. The fourth-order valence-electron chi connectivity index (χ4n) is 2.83. The lowest BCUT2D eigenvalue weighted by molar-refractivity contribution is -0.139. The largest absolute Gasteiger partial charge is 0.357 e. The van der Waals surface area contributed by atoms with Gasteiger partial charge >= 0.3 is 0 Å². The third-order valence-electron chi connectivity index (χ3n) is 4.55. The lowest BCUT2D eigenvalue weighted by Gasteiger charge is -2.31. The monoisotopic (exact) mass is 457 g/mol. The van der Waals surface area contributed by atoms with Gasteiger partial charge in [-0.25, -0.2) is 21.6 Å². The molecule has 0 aromatic heterocycles. The van der Waals surface area contributed by atoms with Crippen LogP contribution in [-0.2, 0) is 26.2 Å². The van der Waals surface area contributed by atoms with Crippen molar-refractivity contribution in [3.63, 3.8) is 0 Å². The number of hydrogen-bond donors (Lipinski definition) is 1.